The van der Waals surface area contributed by atoms with Gasteiger partial charge in [0.1, 0.15) is 0 Å². The summed E-state index contributed by atoms with van der Waals surface area (Å²) in [6, 6.07) is 0.616. The Morgan fingerprint density at radius 1 is 1.38 bits per heavy atom. The van der Waals surface area contributed by atoms with E-state index >= 15 is 0 Å². The van der Waals surface area contributed by atoms with Crippen LogP contribution in [0.25, 0.3) is 0 Å². The van der Waals surface area contributed by atoms with Crippen molar-refractivity contribution >= 4 is 0 Å². The summed E-state index contributed by atoms with van der Waals surface area (Å²) in [7, 11) is 0. The van der Waals surface area contributed by atoms with Crippen LogP contribution in [0.2, 0.25) is 0 Å². The quantitative estimate of drug-likeness (QED) is 0.793. The topological polar surface area (TPSA) is 32.7 Å². The Morgan fingerprint density at radius 2 is 2.19 bits per heavy atom. The molecule has 0 spiro atoms. The molecule has 4 unspecified atom stereocenters. The number of hydrogen-bond acceptors (Lipinski definition) is 3. The van der Waals surface area contributed by atoms with E-state index in [9.17, 15) is 5.11 Å². The van der Waals surface area contributed by atoms with Crippen LogP contribution in [0, 0.1) is 11.8 Å². The summed E-state index contributed by atoms with van der Waals surface area (Å²) in [6.07, 6.45) is 3.44. The van der Waals surface area contributed by atoms with Gasteiger partial charge in [0.05, 0.1) is 12.7 Å². The lowest BCUT2D eigenvalue weighted by atomic mass is 9.91. The molecule has 2 heterocycles. The van der Waals surface area contributed by atoms with E-state index in [0.29, 0.717) is 12.0 Å². The van der Waals surface area contributed by atoms with Gasteiger partial charge in [-0.2, -0.15) is 0 Å². The van der Waals surface area contributed by atoms with E-state index in [1.165, 1.54) is 12.8 Å². The fourth-order valence-electron chi connectivity index (χ4n) is 2.92. The predicted octanol–water partition coefficient (Wildman–Crippen LogP) is 1.50. The van der Waals surface area contributed by atoms with Crippen LogP contribution in [0.3, 0.4) is 0 Å². The summed E-state index contributed by atoms with van der Waals surface area (Å²) in [6.45, 7) is 8.17. The minimum Gasteiger partial charge on any atom is -0.391 e. The lowest BCUT2D eigenvalue weighted by Crippen LogP contribution is -2.47. The highest BCUT2D eigenvalue weighted by atomic mass is 16.5. The van der Waals surface area contributed by atoms with Crippen LogP contribution in [-0.4, -0.2) is 48.5 Å². The second-order valence-corrected chi connectivity index (χ2v) is 5.55. The van der Waals surface area contributed by atoms with E-state index in [2.05, 4.69) is 18.7 Å². The van der Waals surface area contributed by atoms with E-state index in [4.69, 9.17) is 4.74 Å². The summed E-state index contributed by atoms with van der Waals surface area (Å²) >= 11 is 0. The number of rotatable bonds is 3. The molecule has 0 aromatic rings. The molecular formula is C13H25NO2. The average molecular weight is 227 g/mol. The molecule has 0 aromatic heterocycles. The molecule has 0 bridgehead atoms. The van der Waals surface area contributed by atoms with Gasteiger partial charge in [-0.1, -0.05) is 6.92 Å². The fraction of sp³-hybridized carbons (Fsp3) is 1.00. The van der Waals surface area contributed by atoms with Gasteiger partial charge in [-0.15, -0.1) is 0 Å². The van der Waals surface area contributed by atoms with Gasteiger partial charge in [-0.05, 0) is 38.6 Å². The zero-order chi connectivity index (χ0) is 11.5. The zero-order valence-electron chi connectivity index (χ0n) is 10.6. The number of piperidine rings is 1. The van der Waals surface area contributed by atoms with Gasteiger partial charge in [0.25, 0.3) is 0 Å². The lowest BCUT2D eigenvalue weighted by Gasteiger charge is -2.39. The maximum atomic E-state index is 10.2. The Kier molecular flexibility index (Phi) is 4.22. The molecule has 4 atom stereocenters. The van der Waals surface area contributed by atoms with Crippen molar-refractivity contribution in [3.63, 3.8) is 0 Å². The number of nitrogens with zero attached hydrogens (tertiary/aromatic N) is 1. The van der Waals surface area contributed by atoms with Gasteiger partial charge < -0.3 is 9.84 Å². The van der Waals surface area contributed by atoms with Crippen molar-refractivity contribution in [1.82, 2.24) is 4.90 Å². The van der Waals surface area contributed by atoms with Crippen LogP contribution in [0.1, 0.15) is 33.1 Å². The molecule has 3 heteroatoms. The van der Waals surface area contributed by atoms with E-state index in [1.54, 1.807) is 0 Å². The molecule has 16 heavy (non-hydrogen) atoms. The number of hydrogen-bond donors (Lipinski definition) is 1. The highest BCUT2D eigenvalue weighted by Crippen LogP contribution is 2.25. The highest BCUT2D eigenvalue weighted by Gasteiger charge is 2.30. The molecule has 94 valence electrons. The Morgan fingerprint density at radius 3 is 2.88 bits per heavy atom. The SMILES string of the molecule is CC1CCCN(CC(O)C2CCOC2)C1C. The summed E-state index contributed by atoms with van der Waals surface area (Å²) in [5, 5.41) is 10.2. The van der Waals surface area contributed by atoms with Gasteiger partial charge in [-0.25, -0.2) is 0 Å². The summed E-state index contributed by atoms with van der Waals surface area (Å²) in [4.78, 5) is 2.46. The maximum absolute atomic E-state index is 10.2. The standard InChI is InChI=1S/C13H25NO2/c1-10-4-3-6-14(11(10)2)8-13(15)12-5-7-16-9-12/h10-13,15H,3-9H2,1-2H3. The first-order valence-electron chi connectivity index (χ1n) is 6.68. The number of ether oxygens (including phenoxy) is 1. The Labute approximate surface area is 98.8 Å². The first-order valence-corrected chi connectivity index (χ1v) is 6.68. The van der Waals surface area contributed by atoms with E-state index in [-0.39, 0.29) is 6.10 Å². The minimum absolute atomic E-state index is 0.199. The molecule has 2 rings (SSSR count). The normalized spacial score (nSPS) is 38.8. The maximum Gasteiger partial charge on any atom is 0.0718 e. The fourth-order valence-corrected chi connectivity index (χ4v) is 2.92. The molecule has 0 amide bonds. The third-order valence-electron chi connectivity index (χ3n) is 4.43. The van der Waals surface area contributed by atoms with Crippen molar-refractivity contribution in [1.29, 1.82) is 0 Å². The third kappa shape index (κ3) is 2.76. The summed E-state index contributed by atoms with van der Waals surface area (Å²) in [5.74, 6) is 1.13. The molecule has 0 saturated carbocycles. The van der Waals surface area contributed by atoms with Crippen LogP contribution in [0.4, 0.5) is 0 Å². The Bertz CT molecular complexity index is 216. The average Bonchev–Trinajstić information content (AvgIpc) is 2.78. The molecule has 0 radical (unpaired) electrons. The van der Waals surface area contributed by atoms with Crippen molar-refractivity contribution in [3.05, 3.63) is 0 Å². The van der Waals surface area contributed by atoms with Gasteiger partial charge in [-0.3, -0.25) is 4.90 Å². The number of β-amino-alcohol motifs (C(OH)–C–C–N with tert-alkyl or cyclic N) is 1. The smallest absolute Gasteiger partial charge is 0.0718 e. The second-order valence-electron chi connectivity index (χ2n) is 5.55. The van der Waals surface area contributed by atoms with Crippen LogP contribution in [0.15, 0.2) is 0 Å². The number of likely N-dealkylation sites (tertiary alicyclic amines) is 1. The highest BCUT2D eigenvalue weighted by molar-refractivity contribution is 4.83. The van der Waals surface area contributed by atoms with Crippen LogP contribution in [0.5, 0.6) is 0 Å². The van der Waals surface area contributed by atoms with Gasteiger partial charge in [0.2, 0.25) is 0 Å². The third-order valence-corrected chi connectivity index (χ3v) is 4.43. The summed E-state index contributed by atoms with van der Waals surface area (Å²) < 4.78 is 5.34. The molecule has 2 aliphatic heterocycles. The molecule has 2 saturated heterocycles. The Balaban J connectivity index is 1.83. The van der Waals surface area contributed by atoms with Crippen molar-refractivity contribution in [2.75, 3.05) is 26.3 Å². The molecule has 0 aromatic carbocycles. The Hall–Kier alpha value is -0.120. The summed E-state index contributed by atoms with van der Waals surface area (Å²) in [5.41, 5.74) is 0. The largest absolute Gasteiger partial charge is 0.391 e. The molecular weight excluding hydrogens is 202 g/mol. The van der Waals surface area contributed by atoms with E-state index in [1.807, 2.05) is 0 Å². The van der Waals surface area contributed by atoms with Gasteiger partial charge in [0, 0.05) is 25.1 Å². The molecule has 2 fully saturated rings. The van der Waals surface area contributed by atoms with Gasteiger partial charge >= 0.3 is 0 Å². The monoisotopic (exact) mass is 227 g/mol. The first-order chi connectivity index (χ1) is 7.68. The van der Waals surface area contributed by atoms with Gasteiger partial charge in [0.15, 0.2) is 0 Å². The number of aliphatic hydroxyl groups is 1. The molecule has 0 aliphatic carbocycles. The second kappa shape index (κ2) is 5.48. The van der Waals surface area contributed by atoms with Crippen LogP contribution in [-0.2, 0) is 4.74 Å². The van der Waals surface area contributed by atoms with Crippen molar-refractivity contribution in [2.24, 2.45) is 11.8 Å². The van der Waals surface area contributed by atoms with Crippen molar-refractivity contribution in [3.8, 4) is 0 Å². The molecule has 3 nitrogen and oxygen atoms in total. The lowest BCUT2D eigenvalue weighted by molar-refractivity contribution is 0.0204. The molecule has 2 aliphatic rings. The predicted molar refractivity (Wildman–Crippen MR) is 64.4 cm³/mol. The van der Waals surface area contributed by atoms with Crippen LogP contribution < -0.4 is 0 Å². The van der Waals surface area contributed by atoms with E-state index in [0.717, 1.165) is 38.6 Å². The van der Waals surface area contributed by atoms with E-state index < -0.39 is 0 Å². The van der Waals surface area contributed by atoms with Crippen molar-refractivity contribution < 1.29 is 9.84 Å². The minimum atomic E-state index is -0.199. The van der Waals surface area contributed by atoms with Crippen LogP contribution >= 0.6 is 0 Å². The first kappa shape index (κ1) is 12.3. The zero-order valence-corrected chi connectivity index (χ0v) is 10.6. The molecule has 1 N–H and O–H groups in total. The van der Waals surface area contributed by atoms with Crippen molar-refractivity contribution in [2.45, 2.75) is 45.3 Å². The number of aliphatic hydroxyl groups excluding tert-OH is 1.